The van der Waals surface area contributed by atoms with E-state index in [1.165, 1.54) is 37.8 Å². The average molecular weight is 206 g/mol. The highest BCUT2D eigenvalue weighted by atomic mass is 14.8. The van der Waals surface area contributed by atoms with Crippen LogP contribution in [0.1, 0.15) is 51.6 Å². The molecule has 0 aliphatic rings. The minimum Gasteiger partial charge on any atom is -0.245 e. The second-order valence-corrected chi connectivity index (χ2v) is 4.36. The van der Waals surface area contributed by atoms with Crippen molar-refractivity contribution in [1.29, 1.82) is 0 Å². The molecule has 84 valence electrons. The van der Waals surface area contributed by atoms with Gasteiger partial charge in [-0.2, -0.15) is 0 Å². The van der Waals surface area contributed by atoms with Gasteiger partial charge in [-0.25, -0.2) is 9.97 Å². The fourth-order valence-electron chi connectivity index (χ4n) is 1.82. The van der Waals surface area contributed by atoms with Crippen LogP contribution in [0.3, 0.4) is 0 Å². The summed E-state index contributed by atoms with van der Waals surface area (Å²) in [5.74, 6) is 0.747. The van der Waals surface area contributed by atoms with Gasteiger partial charge in [0.2, 0.25) is 0 Å². The molecule has 1 rings (SSSR count). The van der Waals surface area contributed by atoms with Crippen LogP contribution in [0.2, 0.25) is 0 Å². The van der Waals surface area contributed by atoms with E-state index in [1.54, 1.807) is 6.33 Å². The van der Waals surface area contributed by atoms with Crippen LogP contribution in [0.15, 0.2) is 18.6 Å². The summed E-state index contributed by atoms with van der Waals surface area (Å²) in [6, 6.07) is 2.02. The molecule has 2 heteroatoms. The van der Waals surface area contributed by atoms with Crippen molar-refractivity contribution in [3.8, 4) is 0 Å². The van der Waals surface area contributed by atoms with Crippen molar-refractivity contribution in [2.24, 2.45) is 5.92 Å². The lowest BCUT2D eigenvalue weighted by Crippen LogP contribution is -2.01. The van der Waals surface area contributed by atoms with Crippen LogP contribution in [0.5, 0.6) is 0 Å². The monoisotopic (exact) mass is 206 g/mol. The lowest BCUT2D eigenvalue weighted by atomic mass is 9.98. The maximum Gasteiger partial charge on any atom is 0.115 e. The molecule has 2 nitrogen and oxygen atoms in total. The van der Waals surface area contributed by atoms with Crippen LogP contribution in [0.4, 0.5) is 0 Å². The summed E-state index contributed by atoms with van der Waals surface area (Å²) in [7, 11) is 0. The Bertz CT molecular complexity index is 246. The predicted octanol–water partition coefficient (Wildman–Crippen LogP) is 3.63. The first-order chi connectivity index (χ1) is 7.33. The molecule has 0 spiro atoms. The Kier molecular flexibility index (Phi) is 5.98. The molecule has 0 N–H and O–H groups in total. The topological polar surface area (TPSA) is 25.8 Å². The third kappa shape index (κ3) is 5.50. The van der Waals surface area contributed by atoms with Gasteiger partial charge in [0.1, 0.15) is 6.33 Å². The first-order valence-electron chi connectivity index (χ1n) is 6.07. The molecule has 0 bridgehead atoms. The van der Waals surface area contributed by atoms with Crippen molar-refractivity contribution in [2.75, 3.05) is 0 Å². The van der Waals surface area contributed by atoms with Gasteiger partial charge in [-0.1, -0.05) is 46.0 Å². The summed E-state index contributed by atoms with van der Waals surface area (Å²) < 4.78 is 0. The molecular weight excluding hydrogens is 184 g/mol. The van der Waals surface area contributed by atoms with E-state index in [2.05, 4.69) is 23.8 Å². The zero-order chi connectivity index (χ0) is 10.9. The summed E-state index contributed by atoms with van der Waals surface area (Å²) in [6.45, 7) is 4.57. The molecule has 0 saturated carbocycles. The van der Waals surface area contributed by atoms with Crippen LogP contribution in [-0.2, 0) is 6.42 Å². The van der Waals surface area contributed by atoms with Crippen molar-refractivity contribution in [3.05, 3.63) is 24.3 Å². The Morgan fingerprint density at radius 2 is 2.13 bits per heavy atom. The van der Waals surface area contributed by atoms with E-state index in [-0.39, 0.29) is 0 Å². The number of hydrogen-bond donors (Lipinski definition) is 0. The molecule has 15 heavy (non-hydrogen) atoms. The highest BCUT2D eigenvalue weighted by molar-refractivity contribution is 4.98. The van der Waals surface area contributed by atoms with Gasteiger partial charge in [0, 0.05) is 11.9 Å². The lowest BCUT2D eigenvalue weighted by molar-refractivity contribution is 0.483. The van der Waals surface area contributed by atoms with Gasteiger partial charge in [0.15, 0.2) is 0 Å². The van der Waals surface area contributed by atoms with E-state index in [9.17, 15) is 0 Å². The third-order valence-electron chi connectivity index (χ3n) is 2.75. The largest absolute Gasteiger partial charge is 0.245 e. The van der Waals surface area contributed by atoms with Crippen molar-refractivity contribution >= 4 is 0 Å². The minimum atomic E-state index is 0.747. The number of aromatic nitrogens is 2. The Morgan fingerprint density at radius 3 is 2.80 bits per heavy atom. The van der Waals surface area contributed by atoms with E-state index in [0.29, 0.717) is 0 Å². The highest BCUT2D eigenvalue weighted by Crippen LogP contribution is 2.14. The van der Waals surface area contributed by atoms with Gasteiger partial charge < -0.3 is 0 Å². The molecule has 1 aromatic heterocycles. The average Bonchev–Trinajstić information content (AvgIpc) is 2.26. The summed E-state index contributed by atoms with van der Waals surface area (Å²) >= 11 is 0. The summed E-state index contributed by atoms with van der Waals surface area (Å²) in [6.07, 6.45) is 11.3. The first kappa shape index (κ1) is 12.2. The van der Waals surface area contributed by atoms with Crippen molar-refractivity contribution in [2.45, 2.75) is 52.4 Å². The molecule has 0 fully saturated rings. The van der Waals surface area contributed by atoms with Crippen LogP contribution in [0.25, 0.3) is 0 Å². The zero-order valence-electron chi connectivity index (χ0n) is 9.95. The fourth-order valence-corrected chi connectivity index (χ4v) is 1.82. The quantitative estimate of drug-likeness (QED) is 0.637. The predicted molar refractivity (Wildman–Crippen MR) is 63.7 cm³/mol. The molecule has 1 heterocycles. The molecule has 0 aliphatic carbocycles. The van der Waals surface area contributed by atoms with Gasteiger partial charge in [-0.15, -0.1) is 0 Å². The summed E-state index contributed by atoms with van der Waals surface area (Å²) in [5, 5.41) is 0. The second-order valence-electron chi connectivity index (χ2n) is 4.36. The Balaban J connectivity index is 2.16. The van der Waals surface area contributed by atoms with Crippen LogP contribution in [0, 0.1) is 5.92 Å². The zero-order valence-corrected chi connectivity index (χ0v) is 9.95. The molecule has 0 amide bonds. The minimum absolute atomic E-state index is 0.747. The molecule has 1 atom stereocenters. The van der Waals surface area contributed by atoms with Gasteiger partial charge in [0.25, 0.3) is 0 Å². The van der Waals surface area contributed by atoms with E-state index >= 15 is 0 Å². The van der Waals surface area contributed by atoms with Gasteiger partial charge >= 0.3 is 0 Å². The third-order valence-corrected chi connectivity index (χ3v) is 2.75. The number of rotatable bonds is 7. The van der Waals surface area contributed by atoms with Gasteiger partial charge in [-0.05, 0) is 18.4 Å². The maximum absolute atomic E-state index is 4.25. The number of hydrogen-bond acceptors (Lipinski definition) is 2. The normalized spacial score (nSPS) is 12.7. The highest BCUT2D eigenvalue weighted by Gasteiger charge is 2.03. The first-order valence-corrected chi connectivity index (χ1v) is 6.07. The lowest BCUT2D eigenvalue weighted by Gasteiger charge is -2.09. The van der Waals surface area contributed by atoms with Gasteiger partial charge in [-0.3, -0.25) is 0 Å². The Hall–Kier alpha value is -0.920. The Labute approximate surface area is 93.2 Å². The van der Waals surface area contributed by atoms with E-state index in [0.717, 1.165) is 12.3 Å². The molecule has 0 aromatic carbocycles. The SMILES string of the molecule is CCCCCCC(C)Cc1ccncn1. The van der Waals surface area contributed by atoms with Gasteiger partial charge in [0.05, 0.1) is 0 Å². The van der Waals surface area contributed by atoms with Crippen molar-refractivity contribution in [1.82, 2.24) is 9.97 Å². The molecule has 0 aliphatic heterocycles. The second kappa shape index (κ2) is 7.38. The van der Waals surface area contributed by atoms with Crippen LogP contribution in [-0.4, -0.2) is 9.97 Å². The van der Waals surface area contributed by atoms with E-state index in [1.807, 2.05) is 12.3 Å². The van der Waals surface area contributed by atoms with E-state index in [4.69, 9.17) is 0 Å². The standard InChI is InChI=1S/C13H22N2/c1-3-4-5-6-7-12(2)10-13-8-9-14-11-15-13/h8-9,11-12H,3-7,10H2,1-2H3. The molecular formula is C13H22N2. The number of unbranched alkanes of at least 4 members (excludes halogenated alkanes) is 3. The van der Waals surface area contributed by atoms with Crippen molar-refractivity contribution < 1.29 is 0 Å². The molecule has 0 radical (unpaired) electrons. The van der Waals surface area contributed by atoms with E-state index < -0.39 is 0 Å². The van der Waals surface area contributed by atoms with Crippen LogP contribution >= 0.6 is 0 Å². The van der Waals surface area contributed by atoms with Crippen LogP contribution < -0.4 is 0 Å². The summed E-state index contributed by atoms with van der Waals surface area (Å²) in [4.78, 5) is 8.18. The van der Waals surface area contributed by atoms with Crippen molar-refractivity contribution in [3.63, 3.8) is 0 Å². The molecule has 1 aromatic rings. The smallest absolute Gasteiger partial charge is 0.115 e. The number of nitrogens with zero attached hydrogens (tertiary/aromatic N) is 2. The maximum atomic E-state index is 4.25. The molecule has 1 unspecified atom stereocenters. The molecule has 0 saturated heterocycles. The Morgan fingerprint density at radius 1 is 1.27 bits per heavy atom. The fraction of sp³-hybridized carbons (Fsp3) is 0.692. The summed E-state index contributed by atoms with van der Waals surface area (Å²) in [5.41, 5.74) is 1.17.